The van der Waals surface area contributed by atoms with Crippen molar-refractivity contribution in [2.24, 2.45) is 5.92 Å². The summed E-state index contributed by atoms with van der Waals surface area (Å²) in [6, 6.07) is 7.70. The number of nitrogens with two attached hydrogens (primary N) is 1. The number of hydrogen-bond acceptors (Lipinski definition) is 10. The van der Waals surface area contributed by atoms with E-state index in [2.05, 4.69) is 25.1 Å². The van der Waals surface area contributed by atoms with Gasteiger partial charge < -0.3 is 20.5 Å². The predicted octanol–water partition coefficient (Wildman–Crippen LogP) is 2.18. The first kappa shape index (κ1) is 22.1. The average molecular weight is 460 g/mol. The van der Waals surface area contributed by atoms with Crippen LogP contribution in [0.15, 0.2) is 53.6 Å². The second kappa shape index (κ2) is 9.24. The summed E-state index contributed by atoms with van der Waals surface area (Å²) in [7, 11) is 0. The Labute approximate surface area is 196 Å². The summed E-state index contributed by atoms with van der Waals surface area (Å²) in [6.45, 7) is -0.169. The smallest absolute Gasteiger partial charge is 0.259 e. The third kappa shape index (κ3) is 4.13. The maximum absolute atomic E-state index is 9.27. The largest absolute Gasteiger partial charge is 0.396 e. The SMILES string of the molecule is Nc1ncc(-c2ccc(C3(c4noc(-c5ccc(CC(CO)CO)nc5)n4)CCC3)cn2)cn1. The normalized spacial score (nSPS) is 14.8. The van der Waals surface area contributed by atoms with Gasteiger partial charge in [-0.25, -0.2) is 9.97 Å². The van der Waals surface area contributed by atoms with Crippen LogP contribution in [0.3, 0.4) is 0 Å². The van der Waals surface area contributed by atoms with Crippen LogP contribution in [0.2, 0.25) is 0 Å². The molecule has 1 aliphatic carbocycles. The highest BCUT2D eigenvalue weighted by Gasteiger charge is 2.44. The molecule has 4 aromatic rings. The molecule has 1 aliphatic rings. The zero-order valence-electron chi connectivity index (χ0n) is 18.5. The lowest BCUT2D eigenvalue weighted by atomic mass is 9.64. The molecule has 34 heavy (non-hydrogen) atoms. The molecule has 10 heteroatoms. The fourth-order valence-corrected chi connectivity index (χ4v) is 4.18. The highest BCUT2D eigenvalue weighted by Crippen LogP contribution is 2.48. The first-order valence-electron chi connectivity index (χ1n) is 11.2. The summed E-state index contributed by atoms with van der Waals surface area (Å²) in [5, 5.41) is 22.8. The summed E-state index contributed by atoms with van der Waals surface area (Å²) in [4.78, 5) is 21.8. The first-order chi connectivity index (χ1) is 16.6. The Hall–Kier alpha value is -3.76. The molecular formula is C24H25N7O3. The number of nitrogens with zero attached hydrogens (tertiary/aromatic N) is 6. The van der Waals surface area contributed by atoms with Crippen molar-refractivity contribution in [1.82, 2.24) is 30.1 Å². The molecule has 0 amide bonds. The van der Waals surface area contributed by atoms with Gasteiger partial charge in [-0.2, -0.15) is 4.98 Å². The van der Waals surface area contributed by atoms with Gasteiger partial charge in [-0.15, -0.1) is 0 Å². The molecule has 1 fully saturated rings. The fraction of sp³-hybridized carbons (Fsp3) is 0.333. The van der Waals surface area contributed by atoms with Gasteiger partial charge in [0, 0.05) is 55.2 Å². The van der Waals surface area contributed by atoms with Gasteiger partial charge in [0.15, 0.2) is 5.82 Å². The lowest BCUT2D eigenvalue weighted by Crippen LogP contribution is -2.36. The molecule has 1 saturated carbocycles. The number of aromatic nitrogens is 6. The van der Waals surface area contributed by atoms with Crippen molar-refractivity contribution in [3.05, 3.63) is 66.1 Å². The van der Waals surface area contributed by atoms with Gasteiger partial charge in [0.1, 0.15) is 0 Å². The number of hydrogen-bond donors (Lipinski definition) is 3. The number of anilines is 1. The molecule has 0 unspecified atom stereocenters. The first-order valence-corrected chi connectivity index (χ1v) is 11.2. The molecule has 10 nitrogen and oxygen atoms in total. The van der Waals surface area contributed by atoms with Gasteiger partial charge in [0.25, 0.3) is 5.89 Å². The highest BCUT2D eigenvalue weighted by molar-refractivity contribution is 5.58. The zero-order chi connectivity index (χ0) is 23.5. The Kier molecular flexibility index (Phi) is 5.99. The zero-order valence-corrected chi connectivity index (χ0v) is 18.5. The minimum absolute atomic E-state index is 0.0847. The van der Waals surface area contributed by atoms with Crippen LogP contribution < -0.4 is 5.73 Å². The summed E-state index contributed by atoms with van der Waals surface area (Å²) in [6.07, 6.45) is 10.2. The van der Waals surface area contributed by atoms with Crippen molar-refractivity contribution in [3.8, 4) is 22.7 Å². The predicted molar refractivity (Wildman–Crippen MR) is 123 cm³/mol. The summed E-state index contributed by atoms with van der Waals surface area (Å²) >= 11 is 0. The monoisotopic (exact) mass is 459 g/mol. The van der Waals surface area contributed by atoms with Crippen molar-refractivity contribution in [2.75, 3.05) is 18.9 Å². The van der Waals surface area contributed by atoms with E-state index in [4.69, 9.17) is 15.2 Å². The molecular weight excluding hydrogens is 434 g/mol. The van der Waals surface area contributed by atoms with Crippen LogP contribution in [0, 0.1) is 5.92 Å². The van der Waals surface area contributed by atoms with Crippen LogP contribution in [-0.2, 0) is 11.8 Å². The Bertz CT molecular complexity index is 1230. The van der Waals surface area contributed by atoms with Crippen LogP contribution in [0.5, 0.6) is 0 Å². The van der Waals surface area contributed by atoms with Crippen molar-refractivity contribution in [3.63, 3.8) is 0 Å². The topological polar surface area (TPSA) is 157 Å². The van der Waals surface area contributed by atoms with Crippen LogP contribution in [0.1, 0.15) is 36.3 Å². The quantitative estimate of drug-likeness (QED) is 0.357. The Balaban J connectivity index is 1.36. The van der Waals surface area contributed by atoms with E-state index in [0.29, 0.717) is 18.1 Å². The van der Waals surface area contributed by atoms with Crippen LogP contribution in [-0.4, -0.2) is 53.5 Å². The standard InChI is InChI=1S/C24H25N7O3/c25-23-28-10-17(11-29-23)20-5-3-18(12-27-20)24(6-1-7-24)22-30-21(34-31-22)16-2-4-19(26-9-16)8-15(13-32)14-33/h2-5,9-12,15,32-33H,1,6-8,13-14H2,(H2,25,28,29). The average Bonchev–Trinajstić information content (AvgIpc) is 3.33. The van der Waals surface area contributed by atoms with Crippen molar-refractivity contribution >= 4 is 5.95 Å². The van der Waals surface area contributed by atoms with E-state index in [1.807, 2.05) is 30.5 Å². The highest BCUT2D eigenvalue weighted by atomic mass is 16.5. The molecule has 0 aliphatic heterocycles. The summed E-state index contributed by atoms with van der Waals surface area (Å²) in [5.41, 5.74) is 9.35. The number of aliphatic hydroxyl groups excluding tert-OH is 2. The van der Waals surface area contributed by atoms with E-state index < -0.39 is 0 Å². The molecule has 0 bridgehead atoms. The van der Waals surface area contributed by atoms with E-state index >= 15 is 0 Å². The fourth-order valence-electron chi connectivity index (χ4n) is 4.18. The second-order valence-electron chi connectivity index (χ2n) is 8.59. The number of nitrogen functional groups attached to an aromatic ring is 1. The molecule has 174 valence electrons. The lowest BCUT2D eigenvalue weighted by molar-refractivity contribution is 0.149. The van der Waals surface area contributed by atoms with E-state index in [-0.39, 0.29) is 30.5 Å². The second-order valence-corrected chi connectivity index (χ2v) is 8.59. The van der Waals surface area contributed by atoms with E-state index in [1.165, 1.54) is 0 Å². The molecule has 0 atom stereocenters. The molecule has 5 rings (SSSR count). The van der Waals surface area contributed by atoms with Gasteiger partial charge >= 0.3 is 0 Å². The minimum atomic E-state index is -0.326. The Morgan fingerprint density at radius 1 is 0.912 bits per heavy atom. The van der Waals surface area contributed by atoms with Crippen LogP contribution in [0.25, 0.3) is 22.7 Å². The molecule has 0 radical (unpaired) electrons. The molecule has 0 saturated heterocycles. The van der Waals surface area contributed by atoms with Gasteiger partial charge in [-0.3, -0.25) is 9.97 Å². The summed E-state index contributed by atoms with van der Waals surface area (Å²) in [5.74, 6) is 1.05. The number of pyridine rings is 2. The van der Waals surface area contributed by atoms with Crippen molar-refractivity contribution in [2.45, 2.75) is 31.1 Å². The van der Waals surface area contributed by atoms with Crippen LogP contribution >= 0.6 is 0 Å². The third-order valence-electron chi connectivity index (χ3n) is 6.43. The van der Waals surface area contributed by atoms with Gasteiger partial charge in [0.05, 0.1) is 16.7 Å². The number of rotatable bonds is 8. The van der Waals surface area contributed by atoms with Gasteiger partial charge in [0.2, 0.25) is 5.95 Å². The number of aliphatic hydroxyl groups is 2. The van der Waals surface area contributed by atoms with E-state index in [9.17, 15) is 10.2 Å². The van der Waals surface area contributed by atoms with Crippen molar-refractivity contribution < 1.29 is 14.7 Å². The maximum Gasteiger partial charge on any atom is 0.259 e. The van der Waals surface area contributed by atoms with Gasteiger partial charge in [-0.1, -0.05) is 17.6 Å². The molecule has 4 aromatic heterocycles. The van der Waals surface area contributed by atoms with E-state index in [0.717, 1.165) is 47.3 Å². The van der Waals surface area contributed by atoms with Crippen LogP contribution in [0.4, 0.5) is 5.95 Å². The summed E-state index contributed by atoms with van der Waals surface area (Å²) < 4.78 is 5.59. The van der Waals surface area contributed by atoms with E-state index in [1.54, 1.807) is 18.6 Å². The molecule has 0 spiro atoms. The third-order valence-corrected chi connectivity index (χ3v) is 6.43. The minimum Gasteiger partial charge on any atom is -0.396 e. The lowest BCUT2D eigenvalue weighted by Gasteiger charge is -2.39. The molecule has 0 aromatic carbocycles. The molecule has 4 heterocycles. The Morgan fingerprint density at radius 3 is 2.26 bits per heavy atom. The van der Waals surface area contributed by atoms with Crippen molar-refractivity contribution in [1.29, 1.82) is 0 Å². The maximum atomic E-state index is 9.27. The van der Waals surface area contributed by atoms with Gasteiger partial charge in [-0.05, 0) is 43.0 Å². The Morgan fingerprint density at radius 2 is 1.68 bits per heavy atom. The molecule has 4 N–H and O–H groups in total.